The van der Waals surface area contributed by atoms with Crippen molar-refractivity contribution >= 4 is 11.8 Å². The largest absolute Gasteiger partial charge is 0.464 e. The van der Waals surface area contributed by atoms with Crippen molar-refractivity contribution in [1.29, 1.82) is 0 Å². The van der Waals surface area contributed by atoms with Gasteiger partial charge in [-0.3, -0.25) is 0 Å². The fraction of sp³-hybridized carbons (Fsp3) is 0.417. The Morgan fingerprint density at radius 2 is 2.18 bits per heavy atom. The zero-order valence-corrected chi connectivity index (χ0v) is 10.4. The van der Waals surface area contributed by atoms with Gasteiger partial charge in [0.1, 0.15) is 0 Å². The van der Waals surface area contributed by atoms with Crippen LogP contribution in [0.3, 0.4) is 0 Å². The second kappa shape index (κ2) is 5.98. The normalized spacial score (nSPS) is 9.82. The summed E-state index contributed by atoms with van der Waals surface area (Å²) in [5, 5.41) is 7.84. The van der Waals surface area contributed by atoms with Gasteiger partial charge in [0.2, 0.25) is 0 Å². The second-order valence-electron chi connectivity index (χ2n) is 3.74. The number of nitrogens with zero attached hydrogens (tertiary/aromatic N) is 3. The van der Waals surface area contributed by atoms with Crippen LogP contribution in [0.25, 0.3) is 0 Å². The molecular formula is C12H17N3O2. The van der Waals surface area contributed by atoms with Crippen LogP contribution in [-0.2, 0) is 4.74 Å². The molecule has 1 rings (SSSR count). The van der Waals surface area contributed by atoms with Gasteiger partial charge in [-0.05, 0) is 26.0 Å². The minimum absolute atomic E-state index is 0.211. The van der Waals surface area contributed by atoms with E-state index in [-0.39, 0.29) is 5.69 Å². The Morgan fingerprint density at radius 3 is 2.59 bits per heavy atom. The predicted octanol–water partition coefficient (Wildman–Crippen LogP) is 1.67. The van der Waals surface area contributed by atoms with Crippen molar-refractivity contribution in [3.63, 3.8) is 0 Å². The standard InChI is InChI=1S/C12H17N3O2/c1-5-15(8-9(2)3)11-7-6-10(13-14-11)12(16)17-4/h6-7H,2,5,8H2,1,3-4H3. The minimum Gasteiger partial charge on any atom is -0.464 e. The average molecular weight is 235 g/mol. The first-order chi connectivity index (χ1) is 8.08. The molecule has 5 heteroatoms. The molecule has 0 fully saturated rings. The molecule has 0 atom stereocenters. The molecule has 0 bridgehead atoms. The second-order valence-corrected chi connectivity index (χ2v) is 3.74. The van der Waals surface area contributed by atoms with Crippen molar-refractivity contribution in [2.45, 2.75) is 13.8 Å². The van der Waals surface area contributed by atoms with Gasteiger partial charge < -0.3 is 9.64 Å². The van der Waals surface area contributed by atoms with E-state index < -0.39 is 5.97 Å². The van der Waals surface area contributed by atoms with Gasteiger partial charge in [0.15, 0.2) is 11.5 Å². The molecule has 1 aromatic rings. The number of esters is 1. The van der Waals surface area contributed by atoms with Crippen LogP contribution in [0.4, 0.5) is 5.82 Å². The summed E-state index contributed by atoms with van der Waals surface area (Å²) in [6.45, 7) is 9.38. The Labute approximate surface area is 101 Å². The van der Waals surface area contributed by atoms with Crippen molar-refractivity contribution in [1.82, 2.24) is 10.2 Å². The quantitative estimate of drug-likeness (QED) is 0.574. The lowest BCUT2D eigenvalue weighted by Gasteiger charge is -2.21. The van der Waals surface area contributed by atoms with Crippen LogP contribution < -0.4 is 4.90 Å². The Bertz CT molecular complexity index is 401. The number of anilines is 1. The van der Waals surface area contributed by atoms with Gasteiger partial charge in [0.05, 0.1) is 7.11 Å². The summed E-state index contributed by atoms with van der Waals surface area (Å²) >= 11 is 0. The smallest absolute Gasteiger partial charge is 0.358 e. The van der Waals surface area contributed by atoms with E-state index >= 15 is 0 Å². The molecule has 0 amide bonds. The summed E-state index contributed by atoms with van der Waals surface area (Å²) in [4.78, 5) is 13.2. The molecule has 0 aliphatic heterocycles. The van der Waals surface area contributed by atoms with Crippen molar-refractivity contribution in [2.24, 2.45) is 0 Å². The van der Waals surface area contributed by atoms with Crippen LogP contribution in [0.2, 0.25) is 0 Å². The topological polar surface area (TPSA) is 55.3 Å². The maximum Gasteiger partial charge on any atom is 0.358 e. The van der Waals surface area contributed by atoms with Crippen LogP contribution in [0.5, 0.6) is 0 Å². The molecule has 0 aliphatic rings. The highest BCUT2D eigenvalue weighted by atomic mass is 16.5. The van der Waals surface area contributed by atoms with Crippen LogP contribution in [-0.4, -0.2) is 36.4 Å². The van der Waals surface area contributed by atoms with E-state index in [1.807, 2.05) is 18.7 Å². The van der Waals surface area contributed by atoms with Gasteiger partial charge in [-0.2, -0.15) is 0 Å². The molecule has 5 nitrogen and oxygen atoms in total. The predicted molar refractivity (Wildman–Crippen MR) is 66.1 cm³/mol. The van der Waals surface area contributed by atoms with Crippen molar-refractivity contribution < 1.29 is 9.53 Å². The third-order valence-electron chi connectivity index (χ3n) is 2.21. The van der Waals surface area contributed by atoms with E-state index in [0.717, 1.165) is 24.5 Å². The van der Waals surface area contributed by atoms with E-state index in [2.05, 4.69) is 21.5 Å². The first-order valence-electron chi connectivity index (χ1n) is 5.39. The summed E-state index contributed by atoms with van der Waals surface area (Å²) in [6.07, 6.45) is 0. The molecule has 0 aliphatic carbocycles. The highest BCUT2D eigenvalue weighted by Crippen LogP contribution is 2.11. The number of ether oxygens (including phenoxy) is 1. The van der Waals surface area contributed by atoms with Crippen LogP contribution in [0, 0.1) is 0 Å². The third-order valence-corrected chi connectivity index (χ3v) is 2.21. The monoisotopic (exact) mass is 235 g/mol. The molecule has 0 saturated carbocycles. The molecule has 0 N–H and O–H groups in total. The maximum atomic E-state index is 11.2. The van der Waals surface area contributed by atoms with Crippen molar-refractivity contribution in [2.75, 3.05) is 25.1 Å². The van der Waals surface area contributed by atoms with E-state index in [9.17, 15) is 4.79 Å². The number of hydrogen-bond donors (Lipinski definition) is 0. The molecule has 0 unspecified atom stereocenters. The summed E-state index contributed by atoms with van der Waals surface area (Å²) in [7, 11) is 1.32. The summed E-state index contributed by atoms with van der Waals surface area (Å²) in [5.74, 6) is 0.246. The van der Waals surface area contributed by atoms with Crippen LogP contribution >= 0.6 is 0 Å². The summed E-state index contributed by atoms with van der Waals surface area (Å²) < 4.78 is 4.56. The number of aromatic nitrogens is 2. The highest BCUT2D eigenvalue weighted by Gasteiger charge is 2.10. The van der Waals surface area contributed by atoms with Crippen molar-refractivity contribution in [3.8, 4) is 0 Å². The van der Waals surface area contributed by atoms with Gasteiger partial charge in [-0.1, -0.05) is 12.2 Å². The Hall–Kier alpha value is -1.91. The van der Waals surface area contributed by atoms with Gasteiger partial charge in [-0.15, -0.1) is 10.2 Å². The molecule has 0 saturated heterocycles. The zero-order chi connectivity index (χ0) is 12.8. The maximum absolute atomic E-state index is 11.2. The van der Waals surface area contributed by atoms with Gasteiger partial charge in [0.25, 0.3) is 0 Å². The van der Waals surface area contributed by atoms with Gasteiger partial charge in [0, 0.05) is 13.1 Å². The SMILES string of the molecule is C=C(C)CN(CC)c1ccc(C(=O)OC)nn1. The molecule has 1 aromatic heterocycles. The van der Waals surface area contributed by atoms with E-state index in [4.69, 9.17) is 0 Å². The molecule has 17 heavy (non-hydrogen) atoms. The van der Waals surface area contributed by atoms with Gasteiger partial charge >= 0.3 is 5.97 Å². The minimum atomic E-state index is -0.480. The molecular weight excluding hydrogens is 218 g/mol. The fourth-order valence-corrected chi connectivity index (χ4v) is 1.39. The number of carbonyl (C=O) groups is 1. The number of methoxy groups -OCH3 is 1. The number of hydrogen-bond acceptors (Lipinski definition) is 5. The third kappa shape index (κ3) is 3.55. The Morgan fingerprint density at radius 1 is 1.47 bits per heavy atom. The molecule has 0 aromatic carbocycles. The lowest BCUT2D eigenvalue weighted by molar-refractivity contribution is 0.0592. The Balaban J connectivity index is 2.84. The lowest BCUT2D eigenvalue weighted by atomic mass is 10.3. The van der Waals surface area contributed by atoms with Crippen LogP contribution in [0.1, 0.15) is 24.3 Å². The number of carbonyl (C=O) groups excluding carboxylic acids is 1. The summed E-state index contributed by atoms with van der Waals surface area (Å²) in [5.41, 5.74) is 1.26. The van der Waals surface area contributed by atoms with Gasteiger partial charge in [-0.25, -0.2) is 4.79 Å². The average Bonchev–Trinajstić information content (AvgIpc) is 2.35. The molecule has 1 heterocycles. The highest BCUT2D eigenvalue weighted by molar-refractivity contribution is 5.86. The number of rotatable bonds is 5. The first-order valence-corrected chi connectivity index (χ1v) is 5.39. The van der Waals surface area contributed by atoms with Crippen molar-refractivity contribution in [3.05, 3.63) is 30.0 Å². The first kappa shape index (κ1) is 13.2. The van der Waals surface area contributed by atoms with E-state index in [0.29, 0.717) is 0 Å². The molecule has 0 radical (unpaired) electrons. The molecule has 0 spiro atoms. The fourth-order valence-electron chi connectivity index (χ4n) is 1.39. The van der Waals surface area contributed by atoms with E-state index in [1.165, 1.54) is 7.11 Å². The Kier molecular flexibility index (Phi) is 4.63. The van der Waals surface area contributed by atoms with E-state index in [1.54, 1.807) is 12.1 Å². The summed E-state index contributed by atoms with van der Waals surface area (Å²) in [6, 6.07) is 3.36. The lowest BCUT2D eigenvalue weighted by Crippen LogP contribution is -2.26. The zero-order valence-electron chi connectivity index (χ0n) is 10.4. The molecule has 92 valence electrons. The van der Waals surface area contributed by atoms with Crippen LogP contribution in [0.15, 0.2) is 24.3 Å². The number of likely N-dealkylation sites (N-methyl/N-ethyl adjacent to an activating group) is 1.